The van der Waals surface area contributed by atoms with Crippen LogP contribution in [0.1, 0.15) is 38.5 Å². The number of anilines is 1. The molecule has 2 N–H and O–H groups in total. The van der Waals surface area contributed by atoms with E-state index in [4.69, 9.17) is 16.7 Å². The molecule has 1 aliphatic rings. The Hall–Kier alpha value is -1.36. The third-order valence-electron chi connectivity index (χ3n) is 3.30. The number of halogens is 1. The van der Waals surface area contributed by atoms with Crippen molar-refractivity contribution in [3.63, 3.8) is 0 Å². The fourth-order valence-electron chi connectivity index (χ4n) is 2.54. The molecule has 2 rings (SSSR count). The normalized spacial score (nSPS) is 18.3. The predicted molar refractivity (Wildman–Crippen MR) is 68.7 cm³/mol. The summed E-state index contributed by atoms with van der Waals surface area (Å²) < 4.78 is 0. The monoisotopic (exact) mass is 269 g/mol. The van der Waals surface area contributed by atoms with Gasteiger partial charge in [-0.15, -0.1) is 0 Å². The molecule has 0 aliphatic heterocycles. The lowest BCUT2D eigenvalue weighted by molar-refractivity contribution is -0.138. The number of rotatable bonds is 4. The first-order chi connectivity index (χ1) is 8.60. The minimum Gasteiger partial charge on any atom is -0.481 e. The van der Waals surface area contributed by atoms with E-state index in [-0.39, 0.29) is 6.42 Å². The van der Waals surface area contributed by atoms with Gasteiger partial charge < -0.3 is 10.4 Å². The minimum atomic E-state index is -0.792. The van der Waals surface area contributed by atoms with Gasteiger partial charge in [0.05, 0.1) is 18.8 Å². The molecule has 0 bridgehead atoms. The van der Waals surface area contributed by atoms with Crippen LogP contribution in [0.4, 0.5) is 5.82 Å². The van der Waals surface area contributed by atoms with E-state index in [9.17, 15) is 4.79 Å². The number of carbonyl (C=O) groups is 1. The molecule has 0 aromatic carbocycles. The fourth-order valence-corrected chi connectivity index (χ4v) is 2.69. The van der Waals surface area contributed by atoms with Gasteiger partial charge in [0.1, 0.15) is 11.0 Å². The molecule has 1 aromatic rings. The smallest absolute Gasteiger partial charge is 0.305 e. The van der Waals surface area contributed by atoms with Gasteiger partial charge in [0, 0.05) is 5.54 Å². The van der Waals surface area contributed by atoms with Gasteiger partial charge in [-0.05, 0) is 12.8 Å². The van der Waals surface area contributed by atoms with E-state index in [1.54, 1.807) is 6.20 Å². The lowest BCUT2D eigenvalue weighted by atomic mass is 9.79. The van der Waals surface area contributed by atoms with Crippen LogP contribution in [0.25, 0.3) is 0 Å². The zero-order valence-corrected chi connectivity index (χ0v) is 10.8. The van der Waals surface area contributed by atoms with Crippen LogP contribution < -0.4 is 5.32 Å². The van der Waals surface area contributed by atoms with Gasteiger partial charge in [-0.2, -0.15) is 0 Å². The van der Waals surface area contributed by atoms with Crippen molar-refractivity contribution in [3.05, 3.63) is 17.5 Å². The largest absolute Gasteiger partial charge is 0.481 e. The average Bonchev–Trinajstić information content (AvgIpc) is 2.28. The molecule has 0 spiro atoms. The summed E-state index contributed by atoms with van der Waals surface area (Å²) in [5, 5.41) is 12.6. The molecule has 1 aromatic heterocycles. The fraction of sp³-hybridized carbons (Fsp3) is 0.583. The van der Waals surface area contributed by atoms with Crippen molar-refractivity contribution in [2.45, 2.75) is 44.1 Å². The maximum absolute atomic E-state index is 11.0. The van der Waals surface area contributed by atoms with Gasteiger partial charge in [-0.3, -0.25) is 9.78 Å². The Morgan fingerprint density at radius 3 is 2.72 bits per heavy atom. The molecule has 1 fully saturated rings. The molecule has 0 radical (unpaired) electrons. The van der Waals surface area contributed by atoms with Gasteiger partial charge >= 0.3 is 5.97 Å². The molecular formula is C12H16ClN3O2. The second-order valence-electron chi connectivity index (χ2n) is 4.76. The number of carboxylic acid groups (broad SMARTS) is 1. The van der Waals surface area contributed by atoms with E-state index in [1.807, 2.05) is 0 Å². The highest BCUT2D eigenvalue weighted by molar-refractivity contribution is 6.29. The molecule has 6 heteroatoms. The zero-order chi connectivity index (χ0) is 13.0. The Balaban J connectivity index is 2.16. The highest BCUT2D eigenvalue weighted by Crippen LogP contribution is 2.34. The molecule has 1 heterocycles. The number of hydrogen-bond donors (Lipinski definition) is 2. The molecule has 0 amide bonds. The minimum absolute atomic E-state index is 0.0984. The Morgan fingerprint density at radius 1 is 1.39 bits per heavy atom. The number of aliphatic carboxylic acids is 1. The summed E-state index contributed by atoms with van der Waals surface area (Å²) in [7, 11) is 0. The van der Waals surface area contributed by atoms with E-state index in [0.29, 0.717) is 11.0 Å². The van der Waals surface area contributed by atoms with Gasteiger partial charge in [0.25, 0.3) is 0 Å². The Morgan fingerprint density at radius 2 is 2.11 bits per heavy atom. The van der Waals surface area contributed by atoms with Crippen LogP contribution in [-0.4, -0.2) is 26.6 Å². The first-order valence-corrected chi connectivity index (χ1v) is 6.45. The molecule has 5 nitrogen and oxygen atoms in total. The van der Waals surface area contributed by atoms with Crippen molar-refractivity contribution in [2.75, 3.05) is 5.32 Å². The van der Waals surface area contributed by atoms with Crippen LogP contribution in [0.5, 0.6) is 0 Å². The van der Waals surface area contributed by atoms with Crippen molar-refractivity contribution in [3.8, 4) is 0 Å². The lowest BCUT2D eigenvalue weighted by Gasteiger charge is -2.37. The van der Waals surface area contributed by atoms with Gasteiger partial charge in [-0.25, -0.2) is 4.98 Å². The van der Waals surface area contributed by atoms with E-state index in [1.165, 1.54) is 6.20 Å². The van der Waals surface area contributed by atoms with Crippen molar-refractivity contribution in [1.82, 2.24) is 9.97 Å². The maximum atomic E-state index is 11.0. The van der Waals surface area contributed by atoms with Gasteiger partial charge in [-0.1, -0.05) is 30.9 Å². The van der Waals surface area contributed by atoms with E-state index in [0.717, 1.165) is 32.1 Å². The summed E-state index contributed by atoms with van der Waals surface area (Å²) in [5.74, 6) is -0.245. The van der Waals surface area contributed by atoms with Crippen LogP contribution in [0.15, 0.2) is 12.4 Å². The zero-order valence-electron chi connectivity index (χ0n) is 10.0. The second-order valence-corrected chi connectivity index (χ2v) is 5.15. The average molecular weight is 270 g/mol. The number of nitrogens with one attached hydrogen (secondary N) is 1. The van der Waals surface area contributed by atoms with Gasteiger partial charge in [0.15, 0.2) is 0 Å². The second kappa shape index (κ2) is 5.52. The Kier molecular flexibility index (Phi) is 4.01. The number of aromatic nitrogens is 2. The first-order valence-electron chi connectivity index (χ1n) is 6.07. The van der Waals surface area contributed by atoms with E-state index < -0.39 is 11.5 Å². The number of nitrogens with zero attached hydrogens (tertiary/aromatic N) is 2. The number of hydrogen-bond acceptors (Lipinski definition) is 4. The highest BCUT2D eigenvalue weighted by atomic mass is 35.5. The third kappa shape index (κ3) is 3.32. The van der Waals surface area contributed by atoms with Crippen molar-refractivity contribution >= 4 is 23.4 Å². The third-order valence-corrected chi connectivity index (χ3v) is 3.48. The highest BCUT2D eigenvalue weighted by Gasteiger charge is 2.34. The van der Waals surface area contributed by atoms with Crippen LogP contribution in [0, 0.1) is 0 Å². The predicted octanol–water partition coefficient (Wildman–Crippen LogP) is 2.72. The van der Waals surface area contributed by atoms with E-state index in [2.05, 4.69) is 15.3 Å². The molecule has 98 valence electrons. The molecule has 0 unspecified atom stereocenters. The maximum Gasteiger partial charge on any atom is 0.305 e. The van der Waals surface area contributed by atoms with Crippen LogP contribution in [-0.2, 0) is 4.79 Å². The molecular weight excluding hydrogens is 254 g/mol. The van der Waals surface area contributed by atoms with Crippen LogP contribution in [0.3, 0.4) is 0 Å². The first kappa shape index (κ1) is 13.1. The SMILES string of the molecule is O=C(O)CC1(Nc2cncc(Cl)n2)CCCCC1. The summed E-state index contributed by atoms with van der Waals surface area (Å²) in [4.78, 5) is 19.1. The summed E-state index contributed by atoms with van der Waals surface area (Å²) in [6.07, 6.45) is 8.04. The molecule has 0 atom stereocenters. The molecule has 1 saturated carbocycles. The standard InChI is InChI=1S/C12H16ClN3O2/c13-9-7-14-8-10(15-9)16-12(6-11(17)18)4-2-1-3-5-12/h7-8H,1-6H2,(H,15,16)(H,17,18). The Labute approximate surface area is 111 Å². The number of carboxylic acids is 1. The van der Waals surface area contributed by atoms with Crippen LogP contribution in [0.2, 0.25) is 5.15 Å². The molecule has 1 aliphatic carbocycles. The topological polar surface area (TPSA) is 75.1 Å². The van der Waals surface area contributed by atoms with Crippen molar-refractivity contribution in [1.29, 1.82) is 0 Å². The lowest BCUT2D eigenvalue weighted by Crippen LogP contribution is -2.42. The summed E-state index contributed by atoms with van der Waals surface area (Å²) in [6.45, 7) is 0. The van der Waals surface area contributed by atoms with Crippen molar-refractivity contribution in [2.24, 2.45) is 0 Å². The Bertz CT molecular complexity index is 433. The van der Waals surface area contributed by atoms with Crippen molar-refractivity contribution < 1.29 is 9.90 Å². The molecule has 18 heavy (non-hydrogen) atoms. The van der Waals surface area contributed by atoms with Crippen LogP contribution >= 0.6 is 11.6 Å². The van der Waals surface area contributed by atoms with E-state index >= 15 is 0 Å². The summed E-state index contributed by atoms with van der Waals surface area (Å²) in [6, 6.07) is 0. The summed E-state index contributed by atoms with van der Waals surface area (Å²) >= 11 is 5.78. The quantitative estimate of drug-likeness (QED) is 0.879. The van der Waals surface area contributed by atoms with Gasteiger partial charge in [0.2, 0.25) is 0 Å². The summed E-state index contributed by atoms with van der Waals surface area (Å²) in [5.41, 5.74) is -0.413. The molecule has 0 saturated heterocycles.